The Morgan fingerprint density at radius 2 is 1.64 bits per heavy atom. The van der Waals surface area contributed by atoms with E-state index in [0.29, 0.717) is 5.06 Å². The third kappa shape index (κ3) is 4.58. The number of aryl methyl sites for hydroxylation is 1. The van der Waals surface area contributed by atoms with E-state index < -0.39 is 47.3 Å². The fourth-order valence-corrected chi connectivity index (χ4v) is 4.75. The zero-order chi connectivity index (χ0) is 27.7. The summed E-state index contributed by atoms with van der Waals surface area (Å²) in [6.07, 6.45) is -2.65. The van der Waals surface area contributed by atoms with Crippen LogP contribution in [-0.4, -0.2) is 50.9 Å². The Labute approximate surface area is 221 Å². The van der Waals surface area contributed by atoms with E-state index in [1.165, 1.54) is 25.3 Å². The number of benzene rings is 2. The highest BCUT2D eigenvalue weighted by Gasteiger charge is 2.61. The van der Waals surface area contributed by atoms with Gasteiger partial charge in [-0.25, -0.2) is 4.79 Å². The SMILES string of the molecule is CC[C@@]1(OC=O)O[C@@H](n2cc(C)c(=O)[nH]c2=O)[C@@H](ON2C(=O)c3ccccc3C2=O)C1OCc1ccccc1. The van der Waals surface area contributed by atoms with Crippen molar-refractivity contribution < 1.29 is 33.4 Å². The molecule has 1 unspecified atom stereocenters. The monoisotopic (exact) mass is 535 g/mol. The van der Waals surface area contributed by atoms with E-state index in [0.717, 1.165) is 10.1 Å². The summed E-state index contributed by atoms with van der Waals surface area (Å²) in [6.45, 7) is 3.37. The molecule has 2 aliphatic heterocycles. The third-order valence-electron chi connectivity index (χ3n) is 6.75. The summed E-state index contributed by atoms with van der Waals surface area (Å²) in [6, 6.07) is 15.3. The second kappa shape index (κ2) is 10.4. The molecule has 2 aliphatic rings. The highest BCUT2D eigenvalue weighted by atomic mass is 16.8. The molecule has 0 bridgehead atoms. The Kier molecular flexibility index (Phi) is 7.00. The molecule has 0 aliphatic carbocycles. The standard InChI is InChI=1S/C27H25N3O9/c1-3-27(37-15-31)21(36-14-17-9-5-4-6-10-17)20(25(38-27)29-13-16(2)22(32)28-26(29)35)39-30-23(33)18-11-7-8-12-19(18)24(30)34/h4-13,15,20-21,25H,3,14H2,1-2H3,(H,28,32,35)/t20-,21?,25+,27+/m0/s1. The Bertz CT molecular complexity index is 1500. The highest BCUT2D eigenvalue weighted by Crippen LogP contribution is 2.44. The second-order valence-electron chi connectivity index (χ2n) is 9.10. The van der Waals surface area contributed by atoms with Crippen molar-refractivity contribution in [2.75, 3.05) is 0 Å². The van der Waals surface area contributed by atoms with Crippen molar-refractivity contribution in [2.45, 2.75) is 51.1 Å². The molecule has 0 radical (unpaired) electrons. The summed E-state index contributed by atoms with van der Waals surface area (Å²) in [5.41, 5.74) is -0.204. The Morgan fingerprint density at radius 3 is 2.26 bits per heavy atom. The van der Waals surface area contributed by atoms with Crippen molar-refractivity contribution in [3.8, 4) is 0 Å². The summed E-state index contributed by atoms with van der Waals surface area (Å²) in [7, 11) is 0. The first-order chi connectivity index (χ1) is 18.8. The van der Waals surface area contributed by atoms with E-state index in [9.17, 15) is 24.0 Å². The Hall–Kier alpha value is -4.39. The molecular formula is C27H25N3O9. The molecule has 0 saturated carbocycles. The van der Waals surface area contributed by atoms with Gasteiger partial charge in [0.15, 0.2) is 18.4 Å². The van der Waals surface area contributed by atoms with E-state index in [4.69, 9.17) is 19.0 Å². The molecule has 5 rings (SSSR count). The van der Waals surface area contributed by atoms with Crippen LogP contribution in [-0.2, 0) is 30.4 Å². The molecule has 3 aromatic rings. The minimum absolute atomic E-state index is 0.0209. The van der Waals surface area contributed by atoms with Gasteiger partial charge < -0.3 is 14.2 Å². The molecule has 39 heavy (non-hydrogen) atoms. The predicted molar refractivity (Wildman–Crippen MR) is 133 cm³/mol. The lowest BCUT2D eigenvalue weighted by Gasteiger charge is -2.32. The zero-order valence-electron chi connectivity index (χ0n) is 21.1. The van der Waals surface area contributed by atoms with E-state index >= 15 is 0 Å². The van der Waals surface area contributed by atoms with Crippen molar-refractivity contribution in [3.05, 3.63) is 104 Å². The maximum atomic E-state index is 13.1. The minimum atomic E-state index is -1.77. The first kappa shape index (κ1) is 26.2. The predicted octanol–water partition coefficient (Wildman–Crippen LogP) is 1.83. The van der Waals surface area contributed by atoms with Gasteiger partial charge in [-0.2, -0.15) is 0 Å². The number of carbonyl (C=O) groups is 3. The number of hydrogen-bond acceptors (Lipinski definition) is 9. The summed E-state index contributed by atoms with van der Waals surface area (Å²) >= 11 is 0. The number of nitrogens with zero attached hydrogens (tertiary/aromatic N) is 2. The summed E-state index contributed by atoms with van der Waals surface area (Å²) < 4.78 is 18.8. The molecule has 2 amide bonds. The number of carbonyl (C=O) groups excluding carboxylic acids is 3. The van der Waals surface area contributed by atoms with E-state index in [-0.39, 0.29) is 36.2 Å². The molecule has 1 saturated heterocycles. The van der Waals surface area contributed by atoms with Crippen molar-refractivity contribution in [3.63, 3.8) is 0 Å². The quantitative estimate of drug-likeness (QED) is 0.320. The number of H-pyrrole nitrogens is 1. The Morgan fingerprint density at radius 1 is 1.00 bits per heavy atom. The lowest BCUT2D eigenvalue weighted by atomic mass is 10.0. The average Bonchev–Trinajstić information content (AvgIpc) is 3.37. The largest absolute Gasteiger partial charge is 0.432 e. The average molecular weight is 536 g/mol. The van der Waals surface area contributed by atoms with E-state index in [2.05, 4.69) is 4.98 Å². The van der Waals surface area contributed by atoms with Gasteiger partial charge in [-0.1, -0.05) is 49.4 Å². The molecule has 4 atom stereocenters. The van der Waals surface area contributed by atoms with Crippen LogP contribution >= 0.6 is 0 Å². The van der Waals surface area contributed by atoms with Gasteiger partial charge in [0, 0.05) is 18.2 Å². The van der Waals surface area contributed by atoms with Gasteiger partial charge in [0.25, 0.3) is 23.8 Å². The van der Waals surface area contributed by atoms with Gasteiger partial charge in [-0.3, -0.25) is 33.6 Å². The molecule has 1 N–H and O–H groups in total. The van der Waals surface area contributed by atoms with Crippen molar-refractivity contribution in [1.82, 2.24) is 14.6 Å². The van der Waals surface area contributed by atoms with Crippen molar-refractivity contribution >= 4 is 18.3 Å². The van der Waals surface area contributed by atoms with E-state index in [1.807, 2.05) is 30.3 Å². The summed E-state index contributed by atoms with van der Waals surface area (Å²) in [5.74, 6) is -3.20. The van der Waals surface area contributed by atoms with Crippen LogP contribution in [0.5, 0.6) is 0 Å². The number of ether oxygens (including phenoxy) is 3. The summed E-state index contributed by atoms with van der Waals surface area (Å²) in [4.78, 5) is 71.1. The number of hydrogen-bond donors (Lipinski definition) is 1. The number of rotatable bonds is 9. The number of amides is 2. The fraction of sp³-hybridized carbons (Fsp3) is 0.296. The molecule has 202 valence electrons. The van der Waals surface area contributed by atoms with Crippen LogP contribution in [0.25, 0.3) is 0 Å². The topological polar surface area (TPSA) is 146 Å². The number of nitrogens with one attached hydrogen (secondary N) is 1. The lowest BCUT2D eigenvalue weighted by molar-refractivity contribution is -0.258. The smallest absolute Gasteiger partial charge is 0.330 e. The minimum Gasteiger partial charge on any atom is -0.432 e. The molecule has 1 aromatic heterocycles. The van der Waals surface area contributed by atoms with Crippen LogP contribution < -0.4 is 11.2 Å². The molecule has 12 nitrogen and oxygen atoms in total. The Balaban J connectivity index is 1.60. The van der Waals surface area contributed by atoms with Gasteiger partial charge >= 0.3 is 5.69 Å². The first-order valence-corrected chi connectivity index (χ1v) is 12.2. The van der Waals surface area contributed by atoms with Gasteiger partial charge in [0.1, 0.15) is 0 Å². The first-order valence-electron chi connectivity index (χ1n) is 12.2. The van der Waals surface area contributed by atoms with Crippen LogP contribution in [0.15, 0.2) is 70.4 Å². The van der Waals surface area contributed by atoms with Gasteiger partial charge in [-0.05, 0) is 24.6 Å². The number of fused-ring (bicyclic) bond motifs is 1. The molecule has 3 heterocycles. The maximum Gasteiger partial charge on any atom is 0.330 e. The number of imide groups is 1. The molecule has 0 spiro atoms. The molecule has 2 aromatic carbocycles. The van der Waals surface area contributed by atoms with E-state index in [1.54, 1.807) is 19.1 Å². The lowest BCUT2D eigenvalue weighted by Crippen LogP contribution is -2.50. The molecular weight excluding hydrogens is 510 g/mol. The van der Waals surface area contributed by atoms with Crippen molar-refractivity contribution in [2.24, 2.45) is 0 Å². The van der Waals surface area contributed by atoms with Gasteiger partial charge in [0.05, 0.1) is 17.7 Å². The fourth-order valence-electron chi connectivity index (χ4n) is 4.75. The zero-order valence-corrected chi connectivity index (χ0v) is 21.1. The number of hydroxylamine groups is 2. The number of aromatic amines is 1. The maximum absolute atomic E-state index is 13.1. The van der Waals surface area contributed by atoms with Gasteiger partial charge in [-0.15, -0.1) is 5.06 Å². The highest BCUT2D eigenvalue weighted by molar-refractivity contribution is 6.20. The normalized spacial score (nSPS) is 24.2. The van der Waals surface area contributed by atoms with Crippen LogP contribution in [0.4, 0.5) is 0 Å². The van der Waals surface area contributed by atoms with Gasteiger partial charge in [0.2, 0.25) is 5.79 Å². The number of aromatic nitrogens is 2. The van der Waals surface area contributed by atoms with Crippen LogP contribution in [0.1, 0.15) is 51.4 Å². The molecule has 1 fully saturated rings. The van der Waals surface area contributed by atoms with Crippen LogP contribution in [0.2, 0.25) is 0 Å². The van der Waals surface area contributed by atoms with Crippen LogP contribution in [0.3, 0.4) is 0 Å². The third-order valence-corrected chi connectivity index (χ3v) is 6.75. The van der Waals surface area contributed by atoms with Crippen molar-refractivity contribution in [1.29, 1.82) is 0 Å². The summed E-state index contributed by atoms with van der Waals surface area (Å²) in [5, 5.41) is 0.584. The second-order valence-corrected chi connectivity index (χ2v) is 9.10. The molecule has 12 heteroatoms. The van der Waals surface area contributed by atoms with Crippen LogP contribution in [0, 0.1) is 6.92 Å².